The van der Waals surface area contributed by atoms with E-state index in [0.717, 1.165) is 0 Å². The second-order valence-corrected chi connectivity index (χ2v) is 4.13. The molecule has 0 spiro atoms. The summed E-state index contributed by atoms with van der Waals surface area (Å²) in [6.45, 7) is 0.322. The lowest BCUT2D eigenvalue weighted by Crippen LogP contribution is -2.53. The second-order valence-electron chi connectivity index (χ2n) is 3.73. The number of carboxylic acids is 1. The maximum atomic E-state index is 11.2. The highest BCUT2D eigenvalue weighted by molar-refractivity contribution is 6.32. The molecule has 4 nitrogen and oxygen atoms in total. The van der Waals surface area contributed by atoms with Crippen molar-refractivity contribution in [2.24, 2.45) is 0 Å². The fourth-order valence-electron chi connectivity index (χ4n) is 1.71. The molecule has 1 aromatic rings. The zero-order chi connectivity index (χ0) is 11.8. The summed E-state index contributed by atoms with van der Waals surface area (Å²) < 4.78 is 10.0. The van der Waals surface area contributed by atoms with Gasteiger partial charge in [-0.15, -0.1) is 0 Å². The Balaban J connectivity index is 2.43. The van der Waals surface area contributed by atoms with Crippen LogP contribution in [0.4, 0.5) is 0 Å². The molecule has 0 radical (unpaired) electrons. The first-order chi connectivity index (χ1) is 7.60. The Kier molecular flexibility index (Phi) is 2.78. The quantitative estimate of drug-likeness (QED) is 0.877. The van der Waals surface area contributed by atoms with Gasteiger partial charge in [-0.2, -0.15) is 0 Å². The van der Waals surface area contributed by atoms with Gasteiger partial charge in [-0.3, -0.25) is 4.79 Å². The smallest absolute Gasteiger partial charge is 0.318 e. The number of methoxy groups -OCH3 is 1. The molecule has 1 N–H and O–H groups in total. The van der Waals surface area contributed by atoms with Gasteiger partial charge in [0, 0.05) is 5.02 Å². The van der Waals surface area contributed by atoms with Crippen LogP contribution in [0.3, 0.4) is 0 Å². The van der Waals surface area contributed by atoms with Crippen molar-refractivity contribution < 1.29 is 19.4 Å². The number of carboxylic acid groups (broad SMARTS) is 1. The Bertz CT molecular complexity index is 426. The number of carbonyl (C=O) groups is 1. The van der Waals surface area contributed by atoms with Gasteiger partial charge < -0.3 is 14.6 Å². The average Bonchev–Trinajstić information content (AvgIpc) is 2.18. The molecule has 1 aromatic carbocycles. The van der Waals surface area contributed by atoms with Gasteiger partial charge in [0.05, 0.1) is 20.3 Å². The highest BCUT2D eigenvalue weighted by Crippen LogP contribution is 2.38. The SMILES string of the molecule is COc1ccc(C2(C(=O)O)COC2)c(Cl)c1. The molecule has 86 valence electrons. The molecular weight excluding hydrogens is 232 g/mol. The van der Waals surface area contributed by atoms with Gasteiger partial charge in [-0.25, -0.2) is 0 Å². The van der Waals surface area contributed by atoms with Crippen molar-refractivity contribution in [1.82, 2.24) is 0 Å². The van der Waals surface area contributed by atoms with Gasteiger partial charge >= 0.3 is 5.97 Å². The molecule has 0 atom stereocenters. The Morgan fingerprint density at radius 2 is 2.25 bits per heavy atom. The molecule has 0 aliphatic carbocycles. The predicted octanol–water partition coefficient (Wildman–Crippen LogP) is 1.70. The second kappa shape index (κ2) is 3.96. The van der Waals surface area contributed by atoms with E-state index in [9.17, 15) is 9.90 Å². The topological polar surface area (TPSA) is 55.8 Å². The largest absolute Gasteiger partial charge is 0.497 e. The molecule has 1 heterocycles. The summed E-state index contributed by atoms with van der Waals surface area (Å²) in [5.41, 5.74) is -0.419. The highest BCUT2D eigenvalue weighted by atomic mass is 35.5. The van der Waals surface area contributed by atoms with Gasteiger partial charge in [0.1, 0.15) is 11.2 Å². The first-order valence-electron chi connectivity index (χ1n) is 4.75. The third kappa shape index (κ3) is 1.54. The number of hydrogen-bond donors (Lipinski definition) is 1. The zero-order valence-corrected chi connectivity index (χ0v) is 9.45. The number of aliphatic carboxylic acids is 1. The Morgan fingerprint density at radius 1 is 1.56 bits per heavy atom. The fraction of sp³-hybridized carbons (Fsp3) is 0.364. The Morgan fingerprint density at radius 3 is 2.62 bits per heavy atom. The van der Waals surface area contributed by atoms with E-state index >= 15 is 0 Å². The van der Waals surface area contributed by atoms with Crippen LogP contribution in [0.15, 0.2) is 18.2 Å². The van der Waals surface area contributed by atoms with Crippen LogP contribution in [0.5, 0.6) is 5.75 Å². The van der Waals surface area contributed by atoms with E-state index < -0.39 is 11.4 Å². The zero-order valence-electron chi connectivity index (χ0n) is 8.70. The molecule has 1 fully saturated rings. The number of halogens is 1. The number of ether oxygens (including phenoxy) is 2. The van der Waals surface area contributed by atoms with Gasteiger partial charge in [0.2, 0.25) is 0 Å². The van der Waals surface area contributed by atoms with Crippen LogP contribution >= 0.6 is 11.6 Å². The van der Waals surface area contributed by atoms with E-state index in [4.69, 9.17) is 21.1 Å². The molecule has 0 aromatic heterocycles. The van der Waals surface area contributed by atoms with Crippen LogP contribution in [0.2, 0.25) is 5.02 Å². The van der Waals surface area contributed by atoms with Gasteiger partial charge in [0.15, 0.2) is 0 Å². The molecule has 1 aliphatic heterocycles. The van der Waals surface area contributed by atoms with Crippen LogP contribution in [0.25, 0.3) is 0 Å². The lowest BCUT2D eigenvalue weighted by atomic mass is 9.78. The molecule has 2 rings (SSSR count). The van der Waals surface area contributed by atoms with E-state index in [1.165, 1.54) is 7.11 Å². The van der Waals surface area contributed by atoms with Crippen LogP contribution in [0, 0.1) is 0 Å². The maximum absolute atomic E-state index is 11.2. The molecule has 0 unspecified atom stereocenters. The van der Waals surface area contributed by atoms with Gasteiger partial charge in [-0.1, -0.05) is 17.7 Å². The summed E-state index contributed by atoms with van der Waals surface area (Å²) in [5, 5.41) is 9.61. The minimum absolute atomic E-state index is 0.161. The van der Waals surface area contributed by atoms with E-state index in [1.54, 1.807) is 18.2 Å². The highest BCUT2D eigenvalue weighted by Gasteiger charge is 2.49. The summed E-state index contributed by atoms with van der Waals surface area (Å²) >= 11 is 6.05. The number of benzene rings is 1. The fourth-order valence-corrected chi connectivity index (χ4v) is 2.06. The normalized spacial score (nSPS) is 17.6. The van der Waals surface area contributed by atoms with Crippen molar-refractivity contribution in [1.29, 1.82) is 0 Å². The monoisotopic (exact) mass is 242 g/mol. The van der Waals surface area contributed by atoms with Crippen molar-refractivity contribution in [2.75, 3.05) is 20.3 Å². The average molecular weight is 243 g/mol. The van der Waals surface area contributed by atoms with Crippen molar-refractivity contribution in [3.05, 3.63) is 28.8 Å². The van der Waals surface area contributed by atoms with Gasteiger partial charge in [-0.05, 0) is 17.7 Å². The molecule has 0 saturated carbocycles. The third-order valence-electron chi connectivity index (χ3n) is 2.80. The number of hydrogen-bond acceptors (Lipinski definition) is 3. The lowest BCUT2D eigenvalue weighted by Gasteiger charge is -2.38. The molecule has 1 aliphatic rings. The molecule has 0 bridgehead atoms. The van der Waals surface area contributed by atoms with Crippen LogP contribution in [-0.4, -0.2) is 31.4 Å². The molecular formula is C11H11ClO4. The molecule has 0 amide bonds. The predicted molar refractivity (Wildman–Crippen MR) is 58.1 cm³/mol. The van der Waals surface area contributed by atoms with Crippen LogP contribution < -0.4 is 4.74 Å². The number of rotatable bonds is 3. The lowest BCUT2D eigenvalue weighted by molar-refractivity contribution is -0.163. The summed E-state index contributed by atoms with van der Waals surface area (Å²) in [5.74, 6) is -0.305. The van der Waals surface area contributed by atoms with E-state index in [1.807, 2.05) is 0 Å². The van der Waals surface area contributed by atoms with Crippen LogP contribution in [-0.2, 0) is 14.9 Å². The Labute approximate surface area is 97.7 Å². The maximum Gasteiger partial charge on any atom is 0.318 e. The molecule has 16 heavy (non-hydrogen) atoms. The first-order valence-corrected chi connectivity index (χ1v) is 5.13. The van der Waals surface area contributed by atoms with Gasteiger partial charge in [0.25, 0.3) is 0 Å². The molecule has 1 saturated heterocycles. The van der Waals surface area contributed by atoms with E-state index in [-0.39, 0.29) is 13.2 Å². The van der Waals surface area contributed by atoms with E-state index in [0.29, 0.717) is 16.3 Å². The summed E-state index contributed by atoms with van der Waals surface area (Å²) in [6, 6.07) is 4.99. The van der Waals surface area contributed by atoms with Crippen molar-refractivity contribution >= 4 is 17.6 Å². The first kappa shape index (κ1) is 11.2. The van der Waals surface area contributed by atoms with Crippen LogP contribution in [0.1, 0.15) is 5.56 Å². The standard InChI is InChI=1S/C11H11ClO4/c1-15-7-2-3-8(9(12)4-7)11(10(13)14)5-16-6-11/h2-4H,5-6H2,1H3,(H,13,14). The van der Waals surface area contributed by atoms with Crippen molar-refractivity contribution in [3.63, 3.8) is 0 Å². The van der Waals surface area contributed by atoms with E-state index in [2.05, 4.69) is 0 Å². The van der Waals surface area contributed by atoms with Crippen molar-refractivity contribution in [2.45, 2.75) is 5.41 Å². The Hall–Kier alpha value is -1.26. The summed E-state index contributed by atoms with van der Waals surface area (Å²) in [6.07, 6.45) is 0. The third-order valence-corrected chi connectivity index (χ3v) is 3.11. The summed E-state index contributed by atoms with van der Waals surface area (Å²) in [7, 11) is 1.53. The van der Waals surface area contributed by atoms with Crippen molar-refractivity contribution in [3.8, 4) is 5.75 Å². The summed E-state index contributed by atoms with van der Waals surface area (Å²) in [4.78, 5) is 11.2. The minimum atomic E-state index is -0.997. The molecule has 5 heteroatoms. The minimum Gasteiger partial charge on any atom is -0.497 e.